The summed E-state index contributed by atoms with van der Waals surface area (Å²) >= 11 is 0. The predicted octanol–water partition coefficient (Wildman–Crippen LogP) is 1.69. The molecule has 0 N–H and O–H groups in total. The molecule has 0 unspecified atom stereocenters. The minimum Gasteiger partial charge on any atom is -0.465 e. The van der Waals surface area contributed by atoms with Crippen LogP contribution in [0.3, 0.4) is 0 Å². The zero-order valence-corrected chi connectivity index (χ0v) is 10.8. The molecular formula is C12H25NO3. The molecule has 0 amide bonds. The molecule has 0 aliphatic carbocycles. The Balaban J connectivity index is 3.54. The number of hydrogen-bond donors (Lipinski definition) is 0. The highest BCUT2D eigenvalue weighted by Gasteiger charge is 2.08. The van der Waals surface area contributed by atoms with Crippen molar-refractivity contribution in [1.82, 2.24) is 4.90 Å². The molecule has 0 aliphatic heterocycles. The molecule has 0 aromatic heterocycles. The summed E-state index contributed by atoms with van der Waals surface area (Å²) in [6.07, 6.45) is 2.25. The Morgan fingerprint density at radius 1 is 1.19 bits per heavy atom. The Bertz CT molecular complexity index is 174. The van der Waals surface area contributed by atoms with Gasteiger partial charge in [0.2, 0.25) is 0 Å². The van der Waals surface area contributed by atoms with Gasteiger partial charge in [-0.05, 0) is 19.9 Å². The Morgan fingerprint density at radius 3 is 2.50 bits per heavy atom. The lowest BCUT2D eigenvalue weighted by Crippen LogP contribution is -2.33. The van der Waals surface area contributed by atoms with E-state index in [0.29, 0.717) is 19.8 Å². The number of rotatable bonds is 10. The normalized spacial score (nSPS) is 10.8. The standard InChI is InChI=1S/C12H25NO3/c1-4-7-9-15-10-8-13(5-2)11-12(14)16-6-3/h4-11H2,1-3H3. The number of hydrogen-bond acceptors (Lipinski definition) is 4. The monoisotopic (exact) mass is 231 g/mol. The summed E-state index contributed by atoms with van der Waals surface area (Å²) in [5.41, 5.74) is 0. The molecule has 0 fully saturated rings. The molecule has 0 aliphatic rings. The van der Waals surface area contributed by atoms with Crippen LogP contribution in [0.4, 0.5) is 0 Å². The molecule has 96 valence electrons. The number of likely N-dealkylation sites (N-methyl/N-ethyl adjacent to an activating group) is 1. The number of nitrogens with zero attached hydrogens (tertiary/aromatic N) is 1. The lowest BCUT2D eigenvalue weighted by molar-refractivity contribution is -0.144. The molecule has 0 radical (unpaired) electrons. The van der Waals surface area contributed by atoms with Crippen LogP contribution in [-0.4, -0.2) is 50.3 Å². The van der Waals surface area contributed by atoms with Gasteiger partial charge in [0, 0.05) is 13.2 Å². The van der Waals surface area contributed by atoms with Crippen molar-refractivity contribution in [2.24, 2.45) is 0 Å². The smallest absolute Gasteiger partial charge is 0.320 e. The van der Waals surface area contributed by atoms with Crippen LogP contribution >= 0.6 is 0 Å². The molecular weight excluding hydrogens is 206 g/mol. The van der Waals surface area contributed by atoms with Crippen LogP contribution in [0, 0.1) is 0 Å². The van der Waals surface area contributed by atoms with Crippen molar-refractivity contribution in [3.05, 3.63) is 0 Å². The summed E-state index contributed by atoms with van der Waals surface area (Å²) in [4.78, 5) is 13.3. The van der Waals surface area contributed by atoms with Gasteiger partial charge in [-0.1, -0.05) is 20.3 Å². The van der Waals surface area contributed by atoms with Gasteiger partial charge in [0.25, 0.3) is 0 Å². The van der Waals surface area contributed by atoms with E-state index >= 15 is 0 Å². The molecule has 0 bridgehead atoms. The quantitative estimate of drug-likeness (QED) is 0.423. The van der Waals surface area contributed by atoms with E-state index in [2.05, 4.69) is 6.92 Å². The summed E-state index contributed by atoms with van der Waals surface area (Å²) in [5, 5.41) is 0. The second-order valence-corrected chi connectivity index (χ2v) is 3.64. The van der Waals surface area contributed by atoms with Crippen molar-refractivity contribution >= 4 is 5.97 Å². The van der Waals surface area contributed by atoms with Gasteiger partial charge >= 0.3 is 5.97 Å². The van der Waals surface area contributed by atoms with Gasteiger partial charge < -0.3 is 9.47 Å². The van der Waals surface area contributed by atoms with Crippen molar-refractivity contribution in [3.8, 4) is 0 Å². The van der Waals surface area contributed by atoms with Gasteiger partial charge in [0.15, 0.2) is 0 Å². The minimum atomic E-state index is -0.155. The second-order valence-electron chi connectivity index (χ2n) is 3.64. The van der Waals surface area contributed by atoms with Crippen LogP contribution in [0.5, 0.6) is 0 Å². The number of carbonyl (C=O) groups is 1. The maximum atomic E-state index is 11.2. The van der Waals surface area contributed by atoms with Gasteiger partial charge in [-0.15, -0.1) is 0 Å². The summed E-state index contributed by atoms with van der Waals surface area (Å²) < 4.78 is 10.4. The SMILES string of the molecule is CCCCOCCN(CC)CC(=O)OCC. The summed E-state index contributed by atoms with van der Waals surface area (Å²) in [6.45, 7) is 9.94. The van der Waals surface area contributed by atoms with E-state index < -0.39 is 0 Å². The average Bonchev–Trinajstić information content (AvgIpc) is 2.27. The molecule has 0 heterocycles. The van der Waals surface area contributed by atoms with E-state index in [0.717, 1.165) is 32.5 Å². The van der Waals surface area contributed by atoms with E-state index in [9.17, 15) is 4.79 Å². The van der Waals surface area contributed by atoms with E-state index in [4.69, 9.17) is 9.47 Å². The van der Waals surface area contributed by atoms with Gasteiger partial charge in [0.05, 0.1) is 19.8 Å². The first kappa shape index (κ1) is 15.4. The largest absolute Gasteiger partial charge is 0.465 e. The van der Waals surface area contributed by atoms with Crippen molar-refractivity contribution in [2.45, 2.75) is 33.6 Å². The minimum absolute atomic E-state index is 0.155. The number of unbranched alkanes of at least 4 members (excludes halogenated alkanes) is 1. The molecule has 4 nitrogen and oxygen atoms in total. The van der Waals surface area contributed by atoms with Crippen molar-refractivity contribution in [2.75, 3.05) is 39.5 Å². The Hall–Kier alpha value is -0.610. The van der Waals surface area contributed by atoms with Crippen LogP contribution < -0.4 is 0 Å². The molecule has 0 saturated carbocycles. The first-order chi connectivity index (χ1) is 7.74. The van der Waals surface area contributed by atoms with Crippen LogP contribution in [0.15, 0.2) is 0 Å². The first-order valence-corrected chi connectivity index (χ1v) is 6.20. The molecule has 0 rings (SSSR count). The van der Waals surface area contributed by atoms with E-state index in [1.54, 1.807) is 0 Å². The van der Waals surface area contributed by atoms with Gasteiger partial charge in [-0.2, -0.15) is 0 Å². The van der Waals surface area contributed by atoms with Crippen molar-refractivity contribution < 1.29 is 14.3 Å². The summed E-state index contributed by atoms with van der Waals surface area (Å²) in [6, 6.07) is 0. The van der Waals surface area contributed by atoms with Gasteiger partial charge in [-0.3, -0.25) is 9.69 Å². The summed E-state index contributed by atoms with van der Waals surface area (Å²) in [5.74, 6) is -0.155. The fourth-order valence-corrected chi connectivity index (χ4v) is 1.28. The third-order valence-corrected chi connectivity index (χ3v) is 2.30. The lowest BCUT2D eigenvalue weighted by Gasteiger charge is -2.18. The number of esters is 1. The van der Waals surface area contributed by atoms with E-state index in [1.165, 1.54) is 0 Å². The molecule has 0 aromatic carbocycles. The average molecular weight is 231 g/mol. The highest BCUT2D eigenvalue weighted by molar-refractivity contribution is 5.71. The maximum absolute atomic E-state index is 11.2. The van der Waals surface area contributed by atoms with E-state index in [1.807, 2.05) is 18.7 Å². The van der Waals surface area contributed by atoms with Crippen LogP contribution in [-0.2, 0) is 14.3 Å². The molecule has 16 heavy (non-hydrogen) atoms. The highest BCUT2D eigenvalue weighted by Crippen LogP contribution is 1.92. The van der Waals surface area contributed by atoms with Crippen LogP contribution in [0.25, 0.3) is 0 Å². The predicted molar refractivity (Wildman–Crippen MR) is 64.5 cm³/mol. The van der Waals surface area contributed by atoms with Crippen LogP contribution in [0.2, 0.25) is 0 Å². The zero-order chi connectivity index (χ0) is 12.2. The Kier molecular flexibility index (Phi) is 10.5. The fourth-order valence-electron chi connectivity index (χ4n) is 1.28. The molecule has 0 spiro atoms. The second kappa shape index (κ2) is 10.9. The van der Waals surface area contributed by atoms with Crippen molar-refractivity contribution in [3.63, 3.8) is 0 Å². The highest BCUT2D eigenvalue weighted by atomic mass is 16.5. The summed E-state index contributed by atoms with van der Waals surface area (Å²) in [7, 11) is 0. The lowest BCUT2D eigenvalue weighted by atomic mass is 10.4. The maximum Gasteiger partial charge on any atom is 0.320 e. The molecule has 0 atom stereocenters. The fraction of sp³-hybridized carbons (Fsp3) is 0.917. The number of ether oxygens (including phenoxy) is 2. The zero-order valence-electron chi connectivity index (χ0n) is 10.8. The molecule has 0 aromatic rings. The van der Waals surface area contributed by atoms with Gasteiger partial charge in [-0.25, -0.2) is 0 Å². The van der Waals surface area contributed by atoms with E-state index in [-0.39, 0.29) is 5.97 Å². The van der Waals surface area contributed by atoms with Gasteiger partial charge in [0.1, 0.15) is 0 Å². The topological polar surface area (TPSA) is 38.8 Å². The van der Waals surface area contributed by atoms with Crippen LogP contribution in [0.1, 0.15) is 33.6 Å². The molecule has 0 saturated heterocycles. The third-order valence-electron chi connectivity index (χ3n) is 2.30. The Morgan fingerprint density at radius 2 is 1.94 bits per heavy atom. The first-order valence-electron chi connectivity index (χ1n) is 6.20. The molecule has 4 heteroatoms. The Labute approximate surface area is 98.9 Å². The third kappa shape index (κ3) is 8.68. The number of carbonyl (C=O) groups excluding carboxylic acids is 1. The van der Waals surface area contributed by atoms with Crippen molar-refractivity contribution in [1.29, 1.82) is 0 Å².